The molecule has 17 heteroatoms. The second kappa shape index (κ2) is 18.2. The fourth-order valence-corrected chi connectivity index (χ4v) is 8.50. The van der Waals surface area contributed by atoms with Crippen LogP contribution in [0.1, 0.15) is 69.7 Å². The zero-order valence-electron chi connectivity index (χ0n) is 34.6. The Morgan fingerprint density at radius 2 is 1.76 bits per heavy atom. The van der Waals surface area contributed by atoms with Crippen molar-refractivity contribution < 1.29 is 28.3 Å². The predicted octanol–water partition coefficient (Wildman–Crippen LogP) is 4.12. The summed E-state index contributed by atoms with van der Waals surface area (Å²) in [5, 5.41) is 10.6. The lowest BCUT2D eigenvalue weighted by Crippen LogP contribution is -2.54. The number of likely N-dealkylation sites (N-methyl/N-ethyl adjacent to an activating group) is 1. The SMILES string of the molecule is CC[C@@H]1C(=O)N(C)c2cnc(Nc3ccc(C(=O)NN4CCC(CCN5CCN(c6ccc(NC7CCC(=O)NC7=O)cc6F)CC5)CC4)cc3OC)nc2N1C(C)C. The Kier molecular flexibility index (Phi) is 12.8. The van der Waals surface area contributed by atoms with Crippen molar-refractivity contribution in [2.75, 3.05) is 85.3 Å². The number of piperazine rings is 1. The summed E-state index contributed by atoms with van der Waals surface area (Å²) in [4.78, 5) is 67.4. The molecule has 59 heavy (non-hydrogen) atoms. The summed E-state index contributed by atoms with van der Waals surface area (Å²) in [6.07, 6.45) is 5.98. The Labute approximate surface area is 344 Å². The van der Waals surface area contributed by atoms with Gasteiger partial charge in [-0.15, -0.1) is 0 Å². The van der Waals surface area contributed by atoms with E-state index in [1.165, 1.54) is 6.07 Å². The third-order valence-corrected chi connectivity index (χ3v) is 11.9. The third kappa shape index (κ3) is 9.36. The molecule has 5 heterocycles. The number of methoxy groups -OCH3 is 1. The van der Waals surface area contributed by atoms with Crippen LogP contribution < -0.4 is 40.8 Å². The van der Waals surface area contributed by atoms with Crippen LogP contribution in [0.2, 0.25) is 0 Å². The van der Waals surface area contributed by atoms with Gasteiger partial charge in [0.05, 0.1) is 24.7 Å². The number of aromatic nitrogens is 2. The van der Waals surface area contributed by atoms with Crippen LogP contribution in [0.25, 0.3) is 0 Å². The molecule has 4 aliphatic rings. The zero-order chi connectivity index (χ0) is 41.8. The molecule has 316 valence electrons. The average molecular weight is 814 g/mol. The molecule has 2 aromatic carbocycles. The number of amides is 4. The zero-order valence-corrected chi connectivity index (χ0v) is 34.6. The maximum absolute atomic E-state index is 15.2. The molecule has 0 saturated carbocycles. The first-order chi connectivity index (χ1) is 28.4. The molecule has 0 aliphatic carbocycles. The molecule has 3 aromatic rings. The van der Waals surface area contributed by atoms with Gasteiger partial charge in [-0.2, -0.15) is 4.98 Å². The second-order valence-corrected chi connectivity index (χ2v) is 16.1. The molecule has 2 atom stereocenters. The lowest BCUT2D eigenvalue weighted by atomic mass is 9.94. The fraction of sp³-hybridized carbons (Fsp3) is 0.524. The van der Waals surface area contributed by atoms with Crippen molar-refractivity contribution >= 4 is 58.1 Å². The minimum atomic E-state index is -0.557. The second-order valence-electron chi connectivity index (χ2n) is 16.1. The Morgan fingerprint density at radius 3 is 2.44 bits per heavy atom. The number of rotatable bonds is 13. The minimum Gasteiger partial charge on any atom is -0.495 e. The number of hydrogen-bond acceptors (Lipinski definition) is 13. The van der Waals surface area contributed by atoms with Gasteiger partial charge in [0, 0.05) is 70.0 Å². The summed E-state index contributed by atoms with van der Waals surface area (Å²) in [5.74, 6) is 0.875. The third-order valence-electron chi connectivity index (χ3n) is 11.9. The summed E-state index contributed by atoms with van der Waals surface area (Å²) in [7, 11) is 3.30. The van der Waals surface area contributed by atoms with Crippen LogP contribution in [0, 0.1) is 11.7 Å². The van der Waals surface area contributed by atoms with E-state index in [2.05, 4.69) is 36.2 Å². The summed E-state index contributed by atoms with van der Waals surface area (Å²) in [6, 6.07) is 9.38. The molecule has 0 spiro atoms. The number of hydrogen-bond donors (Lipinski definition) is 4. The molecule has 4 amide bonds. The normalized spacial score (nSPS) is 20.7. The first-order valence-corrected chi connectivity index (χ1v) is 20.7. The van der Waals surface area contributed by atoms with Crippen molar-refractivity contribution in [1.82, 2.24) is 30.6 Å². The highest BCUT2D eigenvalue weighted by molar-refractivity contribution is 6.04. The highest BCUT2D eigenvalue weighted by atomic mass is 19.1. The van der Waals surface area contributed by atoms with Gasteiger partial charge in [-0.05, 0) is 94.8 Å². The van der Waals surface area contributed by atoms with Crippen LogP contribution in [-0.4, -0.2) is 122 Å². The summed E-state index contributed by atoms with van der Waals surface area (Å²) in [5.41, 5.74) is 5.88. The molecule has 3 fully saturated rings. The van der Waals surface area contributed by atoms with E-state index in [0.717, 1.165) is 65.1 Å². The van der Waals surface area contributed by atoms with Crippen molar-refractivity contribution in [3.63, 3.8) is 0 Å². The molecule has 7 rings (SSSR count). The monoisotopic (exact) mass is 813 g/mol. The quantitative estimate of drug-likeness (QED) is 0.182. The summed E-state index contributed by atoms with van der Waals surface area (Å²) in [6.45, 7) is 11.7. The molecule has 1 unspecified atom stereocenters. The number of hydrazine groups is 1. The topological polar surface area (TPSA) is 168 Å². The maximum Gasteiger partial charge on any atom is 0.265 e. The number of imide groups is 1. The van der Waals surface area contributed by atoms with E-state index in [9.17, 15) is 19.2 Å². The Balaban J connectivity index is 0.851. The molecular formula is C42H56FN11O5. The molecule has 3 saturated heterocycles. The van der Waals surface area contributed by atoms with Gasteiger partial charge >= 0.3 is 0 Å². The number of nitrogens with one attached hydrogen (secondary N) is 4. The standard InChI is InChI=1S/C42H56FN11O5/c1-6-33-41(58)50(4)35-25-44-42(48-38(35)54(33)26(2)3)46-31-9-7-28(23-36(31)59-5)39(56)49-53-17-14-27(15-18-53)13-16-51-19-21-52(22-20-51)34-11-8-29(24-30(34)43)45-32-10-12-37(55)47-40(32)57/h7-9,11,23-27,32-33,45H,6,10,12-22H2,1-5H3,(H,49,56)(H,44,46,48)(H,47,55,57)/t32?,33-/m1/s1. The lowest BCUT2D eigenvalue weighted by molar-refractivity contribution is -0.133. The lowest BCUT2D eigenvalue weighted by Gasteiger charge is -2.42. The number of piperidine rings is 2. The van der Waals surface area contributed by atoms with Crippen molar-refractivity contribution in [3.8, 4) is 5.75 Å². The largest absolute Gasteiger partial charge is 0.495 e. The smallest absolute Gasteiger partial charge is 0.265 e. The molecule has 1 aromatic heterocycles. The summed E-state index contributed by atoms with van der Waals surface area (Å²) < 4.78 is 20.8. The summed E-state index contributed by atoms with van der Waals surface area (Å²) >= 11 is 0. The van der Waals surface area contributed by atoms with Gasteiger partial charge in [0.15, 0.2) is 5.82 Å². The van der Waals surface area contributed by atoms with Crippen molar-refractivity contribution in [2.45, 2.75) is 77.4 Å². The van der Waals surface area contributed by atoms with Gasteiger partial charge in [-0.25, -0.2) is 14.4 Å². The molecule has 16 nitrogen and oxygen atoms in total. The van der Waals surface area contributed by atoms with Crippen molar-refractivity contribution in [1.29, 1.82) is 0 Å². The van der Waals surface area contributed by atoms with Crippen LogP contribution in [0.4, 0.5) is 38.9 Å². The molecular weight excluding hydrogens is 758 g/mol. The van der Waals surface area contributed by atoms with Crippen LogP contribution >= 0.6 is 0 Å². The number of ether oxygens (including phenoxy) is 1. The van der Waals surface area contributed by atoms with Gasteiger partial charge in [0.25, 0.3) is 5.91 Å². The van der Waals surface area contributed by atoms with Gasteiger partial charge in [-0.1, -0.05) is 6.92 Å². The highest BCUT2D eigenvalue weighted by Gasteiger charge is 2.38. The molecule has 0 bridgehead atoms. The number of halogens is 1. The van der Waals surface area contributed by atoms with Crippen LogP contribution in [0.15, 0.2) is 42.6 Å². The van der Waals surface area contributed by atoms with E-state index in [-0.39, 0.29) is 48.0 Å². The van der Waals surface area contributed by atoms with E-state index < -0.39 is 6.04 Å². The van der Waals surface area contributed by atoms with Gasteiger partial charge < -0.3 is 30.1 Å². The van der Waals surface area contributed by atoms with Crippen molar-refractivity contribution in [3.05, 3.63) is 54.0 Å². The number of benzene rings is 2. The average Bonchev–Trinajstić information content (AvgIpc) is 3.23. The van der Waals surface area contributed by atoms with Gasteiger partial charge in [0.1, 0.15) is 29.3 Å². The Bertz CT molecular complexity index is 2040. The van der Waals surface area contributed by atoms with Gasteiger partial charge in [-0.3, -0.25) is 34.8 Å². The number of carbonyl (C=O) groups is 4. The van der Waals surface area contributed by atoms with E-state index >= 15 is 4.39 Å². The first-order valence-electron chi connectivity index (χ1n) is 20.7. The predicted molar refractivity (Wildman–Crippen MR) is 225 cm³/mol. The molecule has 4 N–H and O–H groups in total. The number of fused-ring (bicyclic) bond motifs is 1. The Hall–Kier alpha value is -5.55. The number of carbonyl (C=O) groups excluding carboxylic acids is 4. The van der Waals surface area contributed by atoms with E-state index in [1.54, 1.807) is 55.6 Å². The van der Waals surface area contributed by atoms with E-state index in [4.69, 9.17) is 9.72 Å². The Morgan fingerprint density at radius 1 is 1.00 bits per heavy atom. The first kappa shape index (κ1) is 41.6. The fourth-order valence-electron chi connectivity index (χ4n) is 8.50. The van der Waals surface area contributed by atoms with E-state index in [0.29, 0.717) is 64.6 Å². The maximum atomic E-state index is 15.2. The van der Waals surface area contributed by atoms with Crippen LogP contribution in [0.5, 0.6) is 5.75 Å². The van der Waals surface area contributed by atoms with E-state index in [1.807, 2.05) is 30.7 Å². The molecule has 0 radical (unpaired) electrons. The minimum absolute atomic E-state index is 0.0189. The van der Waals surface area contributed by atoms with Crippen LogP contribution in [0.3, 0.4) is 0 Å². The van der Waals surface area contributed by atoms with Crippen LogP contribution in [-0.2, 0) is 14.4 Å². The van der Waals surface area contributed by atoms with Crippen molar-refractivity contribution in [2.24, 2.45) is 5.92 Å². The number of nitrogens with zero attached hydrogens (tertiary/aromatic N) is 7. The van der Waals surface area contributed by atoms with Gasteiger partial charge in [0.2, 0.25) is 23.7 Å². The molecule has 4 aliphatic heterocycles. The highest BCUT2D eigenvalue weighted by Crippen LogP contribution is 2.37. The number of anilines is 6.